The van der Waals surface area contributed by atoms with Crippen LogP contribution in [0.15, 0.2) is 30.3 Å². The molecule has 2 aliphatic rings. The highest BCUT2D eigenvalue weighted by atomic mass is 16.2. The molecule has 1 heterocycles. The van der Waals surface area contributed by atoms with E-state index in [9.17, 15) is 4.79 Å². The van der Waals surface area contributed by atoms with Crippen molar-refractivity contribution < 1.29 is 4.79 Å². The molecule has 0 spiro atoms. The molecule has 1 aliphatic heterocycles. The second kappa shape index (κ2) is 3.84. The minimum Gasteiger partial charge on any atom is -0.338 e. The predicted molar refractivity (Wildman–Crippen MR) is 66.1 cm³/mol. The minimum absolute atomic E-state index is 0.0267. The quantitative estimate of drug-likeness (QED) is 0.856. The van der Waals surface area contributed by atoms with Crippen LogP contribution in [-0.4, -0.2) is 22.9 Å². The van der Waals surface area contributed by atoms with Gasteiger partial charge in [0.2, 0.25) is 5.91 Å². The van der Waals surface area contributed by atoms with E-state index in [1.165, 1.54) is 5.56 Å². The Bertz CT molecular complexity index is 425. The van der Waals surface area contributed by atoms with Gasteiger partial charge >= 0.3 is 0 Å². The first-order chi connectivity index (χ1) is 8.17. The molecule has 0 bridgehead atoms. The van der Waals surface area contributed by atoms with Gasteiger partial charge in [0.05, 0.1) is 0 Å². The standard InChI is InChI=1S/C14H18N2O/c15-14(6-7-14)12-8-13(17)16(10-12)9-11-4-2-1-3-5-11/h1-5,12H,6-10,15H2. The Morgan fingerprint density at radius 2 is 2.00 bits per heavy atom. The van der Waals surface area contributed by atoms with Crippen molar-refractivity contribution in [1.29, 1.82) is 0 Å². The average Bonchev–Trinajstić information content (AvgIpc) is 2.97. The molecule has 1 saturated heterocycles. The number of carbonyl (C=O) groups is 1. The van der Waals surface area contributed by atoms with Crippen molar-refractivity contribution >= 4 is 5.91 Å². The van der Waals surface area contributed by atoms with Gasteiger partial charge in [-0.05, 0) is 18.4 Å². The molecule has 2 N–H and O–H groups in total. The monoisotopic (exact) mass is 230 g/mol. The van der Waals surface area contributed by atoms with Crippen molar-refractivity contribution in [1.82, 2.24) is 4.90 Å². The van der Waals surface area contributed by atoms with Gasteiger partial charge in [-0.2, -0.15) is 0 Å². The molecular formula is C14H18N2O. The van der Waals surface area contributed by atoms with Crippen LogP contribution in [0.2, 0.25) is 0 Å². The van der Waals surface area contributed by atoms with E-state index in [0.717, 1.165) is 25.9 Å². The highest BCUT2D eigenvalue weighted by Gasteiger charge is 2.50. The summed E-state index contributed by atoms with van der Waals surface area (Å²) in [5.74, 6) is 0.634. The van der Waals surface area contributed by atoms with Gasteiger partial charge in [0.15, 0.2) is 0 Å². The van der Waals surface area contributed by atoms with Crippen molar-refractivity contribution in [2.24, 2.45) is 11.7 Å². The molecule has 1 aromatic carbocycles. The Morgan fingerprint density at radius 1 is 1.29 bits per heavy atom. The van der Waals surface area contributed by atoms with E-state index < -0.39 is 0 Å². The molecule has 0 aromatic heterocycles. The van der Waals surface area contributed by atoms with Gasteiger partial charge in [0.25, 0.3) is 0 Å². The van der Waals surface area contributed by atoms with Gasteiger partial charge in [-0.3, -0.25) is 4.79 Å². The summed E-state index contributed by atoms with van der Waals surface area (Å²) in [5, 5.41) is 0. The van der Waals surface area contributed by atoms with Crippen LogP contribution in [0.1, 0.15) is 24.8 Å². The fourth-order valence-electron chi connectivity index (χ4n) is 2.67. The van der Waals surface area contributed by atoms with E-state index in [1.807, 2.05) is 23.1 Å². The van der Waals surface area contributed by atoms with Gasteiger partial charge in [0, 0.05) is 31.0 Å². The molecule has 17 heavy (non-hydrogen) atoms. The van der Waals surface area contributed by atoms with Crippen molar-refractivity contribution in [3.05, 3.63) is 35.9 Å². The molecule has 1 amide bonds. The lowest BCUT2D eigenvalue weighted by Crippen LogP contribution is -2.34. The van der Waals surface area contributed by atoms with Crippen LogP contribution < -0.4 is 5.73 Å². The van der Waals surface area contributed by atoms with Gasteiger partial charge in [-0.15, -0.1) is 0 Å². The second-order valence-electron chi connectivity index (χ2n) is 5.39. The average molecular weight is 230 g/mol. The second-order valence-corrected chi connectivity index (χ2v) is 5.39. The summed E-state index contributed by atoms with van der Waals surface area (Å²) >= 11 is 0. The zero-order valence-electron chi connectivity index (χ0n) is 9.93. The lowest BCUT2D eigenvalue weighted by molar-refractivity contribution is -0.128. The molecule has 3 nitrogen and oxygen atoms in total. The first-order valence-corrected chi connectivity index (χ1v) is 6.28. The topological polar surface area (TPSA) is 46.3 Å². The van der Waals surface area contributed by atoms with Crippen LogP contribution >= 0.6 is 0 Å². The van der Waals surface area contributed by atoms with Crippen LogP contribution in [0.3, 0.4) is 0 Å². The smallest absolute Gasteiger partial charge is 0.223 e. The third-order valence-corrected chi connectivity index (χ3v) is 4.07. The molecule has 0 radical (unpaired) electrons. The van der Waals surface area contributed by atoms with Gasteiger partial charge in [0.1, 0.15) is 0 Å². The largest absolute Gasteiger partial charge is 0.338 e. The Kier molecular flexibility index (Phi) is 2.44. The Hall–Kier alpha value is -1.35. The SMILES string of the molecule is NC1(C2CC(=O)N(Cc3ccccc3)C2)CC1. The normalized spacial score (nSPS) is 26.3. The summed E-state index contributed by atoms with van der Waals surface area (Å²) in [5.41, 5.74) is 7.36. The number of hydrogen-bond donors (Lipinski definition) is 1. The molecule has 2 fully saturated rings. The van der Waals surface area contributed by atoms with Crippen molar-refractivity contribution in [2.75, 3.05) is 6.54 Å². The number of rotatable bonds is 3. The Morgan fingerprint density at radius 3 is 2.65 bits per heavy atom. The van der Waals surface area contributed by atoms with Crippen LogP contribution in [-0.2, 0) is 11.3 Å². The molecule has 1 saturated carbocycles. The fraction of sp³-hybridized carbons (Fsp3) is 0.500. The van der Waals surface area contributed by atoms with E-state index in [2.05, 4.69) is 12.1 Å². The number of benzene rings is 1. The zero-order valence-corrected chi connectivity index (χ0v) is 9.93. The first-order valence-electron chi connectivity index (χ1n) is 6.28. The molecule has 1 aromatic rings. The summed E-state index contributed by atoms with van der Waals surface area (Å²) in [6.07, 6.45) is 2.82. The molecule has 90 valence electrons. The summed E-state index contributed by atoms with van der Waals surface area (Å²) in [6.45, 7) is 1.57. The van der Waals surface area contributed by atoms with Crippen LogP contribution in [0, 0.1) is 5.92 Å². The molecule has 3 heteroatoms. The van der Waals surface area contributed by atoms with Gasteiger partial charge in [-0.1, -0.05) is 30.3 Å². The van der Waals surface area contributed by atoms with E-state index in [-0.39, 0.29) is 11.4 Å². The fourth-order valence-corrected chi connectivity index (χ4v) is 2.67. The number of nitrogens with zero attached hydrogens (tertiary/aromatic N) is 1. The lowest BCUT2D eigenvalue weighted by atomic mass is 9.97. The van der Waals surface area contributed by atoms with Crippen molar-refractivity contribution in [3.63, 3.8) is 0 Å². The summed E-state index contributed by atoms with van der Waals surface area (Å²) in [7, 11) is 0. The van der Waals surface area contributed by atoms with Gasteiger partial charge < -0.3 is 10.6 Å². The number of amides is 1. The van der Waals surface area contributed by atoms with Crippen LogP contribution in [0.4, 0.5) is 0 Å². The maximum atomic E-state index is 11.9. The molecule has 1 unspecified atom stereocenters. The maximum absolute atomic E-state index is 11.9. The van der Waals surface area contributed by atoms with Crippen LogP contribution in [0.5, 0.6) is 0 Å². The molecule has 1 aliphatic carbocycles. The summed E-state index contributed by atoms with van der Waals surface area (Å²) < 4.78 is 0. The number of hydrogen-bond acceptors (Lipinski definition) is 2. The highest BCUT2D eigenvalue weighted by molar-refractivity contribution is 5.79. The summed E-state index contributed by atoms with van der Waals surface area (Å²) in [6, 6.07) is 10.2. The lowest BCUT2D eigenvalue weighted by Gasteiger charge is -2.19. The van der Waals surface area contributed by atoms with Crippen LogP contribution in [0.25, 0.3) is 0 Å². The van der Waals surface area contributed by atoms with E-state index in [4.69, 9.17) is 5.73 Å². The summed E-state index contributed by atoms with van der Waals surface area (Å²) in [4.78, 5) is 13.9. The van der Waals surface area contributed by atoms with E-state index in [0.29, 0.717) is 12.3 Å². The molecular weight excluding hydrogens is 212 g/mol. The van der Waals surface area contributed by atoms with Crippen molar-refractivity contribution in [3.8, 4) is 0 Å². The Labute approximate surface area is 102 Å². The van der Waals surface area contributed by atoms with Crippen molar-refractivity contribution in [2.45, 2.75) is 31.3 Å². The van der Waals surface area contributed by atoms with E-state index >= 15 is 0 Å². The third-order valence-electron chi connectivity index (χ3n) is 4.07. The van der Waals surface area contributed by atoms with Gasteiger partial charge in [-0.25, -0.2) is 0 Å². The third kappa shape index (κ3) is 2.07. The highest BCUT2D eigenvalue weighted by Crippen LogP contribution is 2.44. The predicted octanol–water partition coefficient (Wildman–Crippen LogP) is 1.53. The minimum atomic E-state index is -0.0267. The molecule has 1 atom stereocenters. The maximum Gasteiger partial charge on any atom is 0.223 e. The molecule has 3 rings (SSSR count). The number of nitrogens with two attached hydrogens (primary N) is 1. The Balaban J connectivity index is 1.67. The number of likely N-dealkylation sites (tertiary alicyclic amines) is 1. The van der Waals surface area contributed by atoms with E-state index in [1.54, 1.807) is 0 Å². The first kappa shape index (κ1) is 10.8. The number of carbonyl (C=O) groups excluding carboxylic acids is 1. The zero-order chi connectivity index (χ0) is 11.9.